The summed E-state index contributed by atoms with van der Waals surface area (Å²) in [6.45, 7) is 3.77. The highest BCUT2D eigenvalue weighted by Crippen LogP contribution is 2.23. The SMILES string of the molecule is CCCCCCC/C=C\C/C=C\C/C=C\CCCCCCCCCCCCCCCCCCCCCCCCC(=O)NC(COC1OC(CO)C(O)C(O)C1O)C(O)/C=C/CC/C=C/CCCCCCCCCCCCC. The van der Waals surface area contributed by atoms with Gasteiger partial charge in [0.05, 0.1) is 25.4 Å². The van der Waals surface area contributed by atoms with E-state index in [1.807, 2.05) is 6.08 Å². The molecule has 7 unspecified atom stereocenters. The summed E-state index contributed by atoms with van der Waals surface area (Å²) in [6.07, 6.45) is 71.8. The fourth-order valence-electron chi connectivity index (χ4n) is 10.4. The zero-order chi connectivity index (χ0) is 55.8. The summed E-state index contributed by atoms with van der Waals surface area (Å²) in [7, 11) is 0. The Bertz CT molecular complexity index is 1400. The van der Waals surface area contributed by atoms with Crippen LogP contribution in [0.15, 0.2) is 60.8 Å². The van der Waals surface area contributed by atoms with Crippen molar-refractivity contribution in [2.24, 2.45) is 0 Å². The maximum atomic E-state index is 13.1. The molecule has 9 nitrogen and oxygen atoms in total. The Morgan fingerprint density at radius 3 is 1.18 bits per heavy atom. The van der Waals surface area contributed by atoms with E-state index < -0.39 is 49.5 Å². The average Bonchev–Trinajstić information content (AvgIpc) is 3.43. The molecule has 1 aliphatic heterocycles. The molecule has 1 fully saturated rings. The van der Waals surface area contributed by atoms with Crippen molar-refractivity contribution in [2.45, 2.75) is 352 Å². The van der Waals surface area contributed by atoms with E-state index in [-0.39, 0.29) is 12.5 Å². The van der Waals surface area contributed by atoms with Crippen LogP contribution in [-0.2, 0) is 14.3 Å². The fraction of sp³-hybridized carbons (Fsp3) is 0.838. The standard InChI is InChI=1S/C68H125NO8/c1-3-5-7-9-11-13-15-17-19-21-22-23-24-25-26-27-28-29-30-31-32-33-34-35-36-37-38-39-40-42-44-46-48-50-52-54-56-58-64(72)69-61(60-76-68-67(75)66(74)65(73)63(59-70)77-68)62(71)57-55-53-51-49-47-45-43-41-20-18-16-14-12-10-8-6-4-2/h15,17,21-22,24-25,47,49,55,57,61-63,65-68,70-71,73-75H,3-14,16,18-20,23,26-46,48,50-54,56,58-60H2,1-2H3,(H,69,72)/b17-15-,22-21-,25-24-,49-47+,57-55+. The molecule has 450 valence electrons. The van der Waals surface area contributed by atoms with Crippen LogP contribution >= 0.6 is 0 Å². The number of carbonyl (C=O) groups excluding carboxylic acids is 1. The summed E-state index contributed by atoms with van der Waals surface area (Å²) in [5, 5.41) is 54.6. The summed E-state index contributed by atoms with van der Waals surface area (Å²) >= 11 is 0. The Kier molecular flexibility index (Phi) is 54.1. The summed E-state index contributed by atoms with van der Waals surface area (Å²) in [6, 6.07) is -0.822. The van der Waals surface area contributed by atoms with Gasteiger partial charge in [-0.05, 0) is 70.6 Å². The van der Waals surface area contributed by atoms with Crippen molar-refractivity contribution in [3.63, 3.8) is 0 Å². The predicted molar refractivity (Wildman–Crippen MR) is 327 cm³/mol. The van der Waals surface area contributed by atoms with Gasteiger partial charge >= 0.3 is 0 Å². The smallest absolute Gasteiger partial charge is 0.220 e. The van der Waals surface area contributed by atoms with Crippen molar-refractivity contribution >= 4 is 5.91 Å². The van der Waals surface area contributed by atoms with E-state index in [0.29, 0.717) is 6.42 Å². The Morgan fingerprint density at radius 2 is 0.779 bits per heavy atom. The number of amides is 1. The second kappa shape index (κ2) is 57.1. The normalized spacial score (nSPS) is 19.1. The van der Waals surface area contributed by atoms with Gasteiger partial charge in [0.25, 0.3) is 0 Å². The first-order valence-electron chi connectivity index (χ1n) is 33.0. The Hall–Kier alpha value is -2.11. The van der Waals surface area contributed by atoms with Gasteiger partial charge in [-0.25, -0.2) is 0 Å². The highest BCUT2D eigenvalue weighted by Gasteiger charge is 2.44. The van der Waals surface area contributed by atoms with E-state index in [0.717, 1.165) is 51.4 Å². The molecule has 0 aliphatic carbocycles. The van der Waals surface area contributed by atoms with Crippen molar-refractivity contribution in [3.05, 3.63) is 60.8 Å². The minimum absolute atomic E-state index is 0.183. The highest BCUT2D eigenvalue weighted by atomic mass is 16.7. The van der Waals surface area contributed by atoms with Gasteiger partial charge in [-0.15, -0.1) is 0 Å². The van der Waals surface area contributed by atoms with Crippen molar-refractivity contribution < 1.29 is 39.8 Å². The topological polar surface area (TPSA) is 149 Å². The van der Waals surface area contributed by atoms with Gasteiger partial charge in [-0.3, -0.25) is 4.79 Å². The van der Waals surface area contributed by atoms with Gasteiger partial charge in [-0.1, -0.05) is 293 Å². The van der Waals surface area contributed by atoms with Crippen molar-refractivity contribution in [3.8, 4) is 0 Å². The van der Waals surface area contributed by atoms with Gasteiger partial charge < -0.3 is 40.3 Å². The molecular weight excluding hydrogens is 959 g/mol. The first kappa shape index (κ1) is 72.9. The zero-order valence-electron chi connectivity index (χ0n) is 50.2. The molecule has 9 heteroatoms. The summed E-state index contributed by atoms with van der Waals surface area (Å²) in [5.74, 6) is -0.183. The van der Waals surface area contributed by atoms with Crippen LogP contribution in [0.4, 0.5) is 0 Å². The molecule has 1 aliphatic rings. The minimum atomic E-state index is -1.57. The molecule has 1 rings (SSSR count). The molecule has 6 N–H and O–H groups in total. The molecule has 0 bridgehead atoms. The van der Waals surface area contributed by atoms with E-state index >= 15 is 0 Å². The maximum Gasteiger partial charge on any atom is 0.220 e. The quantitative estimate of drug-likeness (QED) is 0.0261. The van der Waals surface area contributed by atoms with E-state index in [4.69, 9.17) is 9.47 Å². The van der Waals surface area contributed by atoms with Gasteiger partial charge in [0.2, 0.25) is 5.91 Å². The largest absolute Gasteiger partial charge is 0.394 e. The van der Waals surface area contributed by atoms with Crippen LogP contribution < -0.4 is 5.32 Å². The number of rotatable bonds is 57. The van der Waals surface area contributed by atoms with E-state index in [1.54, 1.807) is 6.08 Å². The van der Waals surface area contributed by atoms with Gasteiger partial charge in [0.15, 0.2) is 6.29 Å². The maximum absolute atomic E-state index is 13.1. The number of hydrogen-bond donors (Lipinski definition) is 6. The van der Waals surface area contributed by atoms with Crippen LogP contribution in [0.25, 0.3) is 0 Å². The number of aliphatic hydroxyl groups excluding tert-OH is 5. The molecule has 7 atom stereocenters. The Morgan fingerprint density at radius 1 is 0.442 bits per heavy atom. The lowest BCUT2D eigenvalue weighted by atomic mass is 9.99. The molecule has 1 saturated heterocycles. The van der Waals surface area contributed by atoms with Crippen LogP contribution in [0.3, 0.4) is 0 Å². The molecule has 0 aromatic carbocycles. The number of hydrogen-bond acceptors (Lipinski definition) is 8. The third kappa shape index (κ3) is 46.2. The van der Waals surface area contributed by atoms with Crippen LogP contribution in [0.5, 0.6) is 0 Å². The molecule has 0 saturated carbocycles. The molecule has 0 aromatic rings. The second-order valence-corrected chi connectivity index (χ2v) is 22.9. The molecular formula is C68H125NO8. The molecule has 0 radical (unpaired) electrons. The summed E-state index contributed by atoms with van der Waals surface area (Å²) in [4.78, 5) is 13.1. The summed E-state index contributed by atoms with van der Waals surface area (Å²) in [5.41, 5.74) is 0. The number of carbonyl (C=O) groups is 1. The Balaban J connectivity index is 2.09. The number of unbranched alkanes of at least 4 members (excludes halogenated alkanes) is 39. The lowest BCUT2D eigenvalue weighted by molar-refractivity contribution is -0.302. The predicted octanol–water partition coefficient (Wildman–Crippen LogP) is 17.4. The number of allylic oxidation sites excluding steroid dienone is 9. The number of ether oxygens (including phenoxy) is 2. The monoisotopic (exact) mass is 1080 g/mol. The van der Waals surface area contributed by atoms with Gasteiger partial charge in [0, 0.05) is 6.42 Å². The average molecular weight is 1080 g/mol. The lowest BCUT2D eigenvalue weighted by Gasteiger charge is -2.40. The van der Waals surface area contributed by atoms with Crippen LogP contribution in [0.2, 0.25) is 0 Å². The third-order valence-corrected chi connectivity index (χ3v) is 15.6. The first-order valence-corrected chi connectivity index (χ1v) is 33.0. The molecule has 77 heavy (non-hydrogen) atoms. The van der Waals surface area contributed by atoms with Gasteiger partial charge in [0.1, 0.15) is 24.4 Å². The third-order valence-electron chi connectivity index (χ3n) is 15.6. The van der Waals surface area contributed by atoms with Gasteiger partial charge in [-0.2, -0.15) is 0 Å². The second-order valence-electron chi connectivity index (χ2n) is 22.9. The fourth-order valence-corrected chi connectivity index (χ4v) is 10.4. The first-order chi connectivity index (χ1) is 37.8. The molecule has 1 amide bonds. The number of nitrogens with one attached hydrogen (secondary N) is 1. The minimum Gasteiger partial charge on any atom is -0.394 e. The van der Waals surface area contributed by atoms with Crippen LogP contribution in [0, 0.1) is 0 Å². The van der Waals surface area contributed by atoms with E-state index in [9.17, 15) is 30.3 Å². The van der Waals surface area contributed by atoms with Crippen molar-refractivity contribution in [1.82, 2.24) is 5.32 Å². The Labute approximate surface area is 475 Å². The van der Waals surface area contributed by atoms with Crippen LogP contribution in [0.1, 0.15) is 309 Å². The van der Waals surface area contributed by atoms with E-state index in [2.05, 4.69) is 67.8 Å². The zero-order valence-corrected chi connectivity index (χ0v) is 50.2. The van der Waals surface area contributed by atoms with Crippen molar-refractivity contribution in [1.29, 1.82) is 0 Å². The number of aliphatic hydroxyl groups is 5. The molecule has 1 heterocycles. The van der Waals surface area contributed by atoms with E-state index in [1.165, 1.54) is 238 Å². The molecule has 0 spiro atoms. The highest BCUT2D eigenvalue weighted by molar-refractivity contribution is 5.76. The van der Waals surface area contributed by atoms with Crippen molar-refractivity contribution in [2.75, 3.05) is 13.2 Å². The van der Waals surface area contributed by atoms with Crippen LogP contribution in [-0.4, -0.2) is 87.5 Å². The lowest BCUT2D eigenvalue weighted by Crippen LogP contribution is -2.60. The summed E-state index contributed by atoms with van der Waals surface area (Å²) < 4.78 is 11.3. The molecule has 0 aromatic heterocycles.